The second kappa shape index (κ2) is 9.87. The summed E-state index contributed by atoms with van der Waals surface area (Å²) < 4.78 is 6.71. The van der Waals surface area contributed by atoms with Gasteiger partial charge in [0.1, 0.15) is 17.0 Å². The van der Waals surface area contributed by atoms with Crippen LogP contribution in [-0.4, -0.2) is 57.6 Å². The summed E-state index contributed by atoms with van der Waals surface area (Å²) in [6.45, 7) is 4.52. The molecule has 0 bridgehead atoms. The van der Waals surface area contributed by atoms with E-state index in [0.29, 0.717) is 24.5 Å². The van der Waals surface area contributed by atoms with Crippen LogP contribution in [0.1, 0.15) is 72.5 Å². The van der Waals surface area contributed by atoms with Crippen molar-refractivity contribution in [2.45, 2.75) is 70.6 Å². The minimum Gasteiger partial charge on any atom is -0.497 e. The molecule has 2 aromatic rings. The van der Waals surface area contributed by atoms with Crippen molar-refractivity contribution >= 4 is 17.7 Å². The van der Waals surface area contributed by atoms with E-state index < -0.39 is 5.54 Å². The number of nitrogens with zero attached hydrogens (tertiary/aromatic N) is 3. The predicted molar refractivity (Wildman–Crippen MR) is 127 cm³/mol. The zero-order valence-electron chi connectivity index (χ0n) is 20.1. The van der Waals surface area contributed by atoms with Gasteiger partial charge in [-0.25, -0.2) is 0 Å². The van der Waals surface area contributed by atoms with Gasteiger partial charge in [-0.05, 0) is 44.4 Å². The molecule has 3 amide bonds. The molecule has 0 spiro atoms. The summed E-state index contributed by atoms with van der Waals surface area (Å²) in [6, 6.07) is 9.07. The number of amides is 3. The normalized spacial score (nSPS) is 20.6. The van der Waals surface area contributed by atoms with Gasteiger partial charge in [0.05, 0.1) is 13.7 Å². The summed E-state index contributed by atoms with van der Waals surface area (Å²) in [5.41, 5.74) is 0.281. The highest BCUT2D eigenvalue weighted by Crippen LogP contribution is 2.28. The topological polar surface area (TPSA) is 106 Å². The van der Waals surface area contributed by atoms with Gasteiger partial charge in [-0.3, -0.25) is 19.1 Å². The van der Waals surface area contributed by atoms with Gasteiger partial charge in [-0.15, -0.1) is 0 Å². The standard InChI is InChI=1S/C25H33N5O4/c1-4-29-23(32)21-14-20(22(31)26-15-17-9-8-12-19(13-17)34-3)28-30(21)16-25(29,2)24(33)27-18-10-6-5-7-11-18/h8-9,12-14,18H,4-7,10-11,15-16H2,1-3H3,(H,26,31)(H,27,33). The van der Waals surface area contributed by atoms with E-state index in [1.54, 1.807) is 18.9 Å². The molecular formula is C25H33N5O4. The van der Waals surface area contributed by atoms with E-state index in [0.717, 1.165) is 31.2 Å². The SMILES string of the molecule is CCN1C(=O)c2cc(C(=O)NCc3cccc(OC)c3)nn2CC1(C)C(=O)NC1CCCCC1. The number of likely N-dealkylation sites (N-methyl/N-ethyl adjacent to an activating group) is 1. The van der Waals surface area contributed by atoms with Crippen LogP contribution in [0.3, 0.4) is 0 Å². The van der Waals surface area contributed by atoms with E-state index in [4.69, 9.17) is 4.74 Å². The van der Waals surface area contributed by atoms with E-state index in [1.807, 2.05) is 31.2 Å². The van der Waals surface area contributed by atoms with Crippen LogP contribution in [0.25, 0.3) is 0 Å². The van der Waals surface area contributed by atoms with Crippen molar-refractivity contribution in [3.63, 3.8) is 0 Å². The average Bonchev–Trinajstić information content (AvgIpc) is 3.27. The summed E-state index contributed by atoms with van der Waals surface area (Å²) in [5, 5.41) is 10.4. The fourth-order valence-electron chi connectivity index (χ4n) is 4.89. The average molecular weight is 468 g/mol. The number of rotatable bonds is 7. The fourth-order valence-corrected chi connectivity index (χ4v) is 4.89. The molecule has 1 aliphatic heterocycles. The van der Waals surface area contributed by atoms with E-state index >= 15 is 0 Å². The first-order valence-corrected chi connectivity index (χ1v) is 12.0. The van der Waals surface area contributed by atoms with Gasteiger partial charge < -0.3 is 20.3 Å². The molecule has 0 radical (unpaired) electrons. The van der Waals surface area contributed by atoms with Gasteiger partial charge in [0.2, 0.25) is 5.91 Å². The molecule has 1 aromatic heterocycles. The molecular weight excluding hydrogens is 434 g/mol. The lowest BCUT2D eigenvalue weighted by Crippen LogP contribution is -2.65. The van der Waals surface area contributed by atoms with Gasteiger partial charge in [0, 0.05) is 25.2 Å². The zero-order chi connectivity index (χ0) is 24.3. The minimum absolute atomic E-state index is 0.142. The molecule has 9 heteroatoms. The fraction of sp³-hybridized carbons (Fsp3) is 0.520. The molecule has 1 unspecified atom stereocenters. The number of hydrogen-bond acceptors (Lipinski definition) is 5. The third-order valence-electron chi connectivity index (χ3n) is 6.86. The smallest absolute Gasteiger partial charge is 0.273 e. The summed E-state index contributed by atoms with van der Waals surface area (Å²) in [5.74, 6) is -0.136. The van der Waals surface area contributed by atoms with Crippen LogP contribution in [-0.2, 0) is 17.9 Å². The molecule has 1 atom stereocenters. The van der Waals surface area contributed by atoms with Crippen LogP contribution in [0.5, 0.6) is 5.75 Å². The molecule has 9 nitrogen and oxygen atoms in total. The van der Waals surface area contributed by atoms with E-state index in [-0.39, 0.29) is 36.0 Å². The quantitative estimate of drug-likeness (QED) is 0.651. The number of hydrogen-bond donors (Lipinski definition) is 2. The largest absolute Gasteiger partial charge is 0.497 e. The maximum atomic E-state index is 13.3. The Kier molecular flexibility index (Phi) is 6.90. The summed E-state index contributed by atoms with van der Waals surface area (Å²) in [4.78, 5) is 41.0. The molecule has 0 saturated heterocycles. The lowest BCUT2D eigenvalue weighted by Gasteiger charge is -2.43. The molecule has 2 aliphatic rings. The van der Waals surface area contributed by atoms with Crippen molar-refractivity contribution in [3.8, 4) is 5.75 Å². The number of aromatic nitrogens is 2. The van der Waals surface area contributed by atoms with Gasteiger partial charge in [-0.2, -0.15) is 5.10 Å². The van der Waals surface area contributed by atoms with Crippen LogP contribution in [0.2, 0.25) is 0 Å². The maximum absolute atomic E-state index is 13.3. The highest BCUT2D eigenvalue weighted by molar-refractivity contribution is 6.01. The van der Waals surface area contributed by atoms with Crippen molar-refractivity contribution < 1.29 is 19.1 Å². The minimum atomic E-state index is -1.07. The van der Waals surface area contributed by atoms with Crippen LogP contribution >= 0.6 is 0 Å². The van der Waals surface area contributed by atoms with Gasteiger partial charge >= 0.3 is 0 Å². The van der Waals surface area contributed by atoms with E-state index in [9.17, 15) is 14.4 Å². The zero-order valence-corrected chi connectivity index (χ0v) is 20.1. The van der Waals surface area contributed by atoms with Crippen molar-refractivity contribution in [2.24, 2.45) is 0 Å². The number of carbonyl (C=O) groups is 3. The Morgan fingerprint density at radius 1 is 1.21 bits per heavy atom. The van der Waals surface area contributed by atoms with Crippen LogP contribution < -0.4 is 15.4 Å². The molecule has 4 rings (SSSR count). The first-order valence-electron chi connectivity index (χ1n) is 12.0. The van der Waals surface area contributed by atoms with Crippen LogP contribution in [0.15, 0.2) is 30.3 Å². The summed E-state index contributed by atoms with van der Waals surface area (Å²) in [7, 11) is 1.59. The number of carbonyl (C=O) groups excluding carboxylic acids is 3. The second-order valence-electron chi connectivity index (χ2n) is 9.24. The van der Waals surface area contributed by atoms with Crippen molar-refractivity contribution in [2.75, 3.05) is 13.7 Å². The molecule has 182 valence electrons. The molecule has 34 heavy (non-hydrogen) atoms. The third kappa shape index (κ3) is 4.64. The summed E-state index contributed by atoms with van der Waals surface area (Å²) in [6.07, 6.45) is 5.34. The molecule has 1 fully saturated rings. The number of nitrogens with one attached hydrogen (secondary N) is 2. The lowest BCUT2D eigenvalue weighted by molar-refractivity contribution is -0.133. The number of methoxy groups -OCH3 is 1. The Balaban J connectivity index is 1.50. The Morgan fingerprint density at radius 3 is 2.68 bits per heavy atom. The number of fused-ring (bicyclic) bond motifs is 1. The van der Waals surface area contributed by atoms with Gasteiger partial charge in [-0.1, -0.05) is 31.4 Å². The Hall–Kier alpha value is -3.36. The van der Waals surface area contributed by atoms with Crippen LogP contribution in [0.4, 0.5) is 0 Å². The Labute approximate surface area is 199 Å². The van der Waals surface area contributed by atoms with Crippen molar-refractivity contribution in [3.05, 3.63) is 47.3 Å². The van der Waals surface area contributed by atoms with Crippen molar-refractivity contribution in [1.82, 2.24) is 25.3 Å². The lowest BCUT2D eigenvalue weighted by atomic mass is 9.91. The molecule has 1 aromatic carbocycles. The number of benzene rings is 1. The number of ether oxygens (including phenoxy) is 1. The molecule has 2 heterocycles. The van der Waals surface area contributed by atoms with E-state index in [1.165, 1.54) is 17.2 Å². The van der Waals surface area contributed by atoms with Crippen LogP contribution in [0, 0.1) is 0 Å². The molecule has 1 aliphatic carbocycles. The first kappa shape index (κ1) is 23.8. The Bertz CT molecular complexity index is 1080. The maximum Gasteiger partial charge on any atom is 0.273 e. The predicted octanol–water partition coefficient (Wildman–Crippen LogP) is 2.50. The highest BCUT2D eigenvalue weighted by Gasteiger charge is 2.48. The molecule has 1 saturated carbocycles. The molecule has 2 N–H and O–H groups in total. The third-order valence-corrected chi connectivity index (χ3v) is 6.86. The Morgan fingerprint density at radius 2 is 1.97 bits per heavy atom. The van der Waals surface area contributed by atoms with Gasteiger partial charge in [0.25, 0.3) is 11.8 Å². The van der Waals surface area contributed by atoms with Gasteiger partial charge in [0.15, 0.2) is 5.69 Å². The van der Waals surface area contributed by atoms with Crippen molar-refractivity contribution in [1.29, 1.82) is 0 Å². The monoisotopic (exact) mass is 467 g/mol. The summed E-state index contributed by atoms with van der Waals surface area (Å²) >= 11 is 0. The second-order valence-corrected chi connectivity index (χ2v) is 9.24. The van der Waals surface area contributed by atoms with E-state index in [2.05, 4.69) is 15.7 Å². The highest BCUT2D eigenvalue weighted by atomic mass is 16.5. The first-order chi connectivity index (χ1) is 16.4.